The Balaban J connectivity index is 1.49. The second-order valence-corrected chi connectivity index (χ2v) is 7.04. The summed E-state index contributed by atoms with van der Waals surface area (Å²) in [6.07, 6.45) is 6.45. The molecule has 3 aliphatic rings. The van der Waals surface area contributed by atoms with Crippen molar-refractivity contribution in [2.75, 3.05) is 0 Å². The van der Waals surface area contributed by atoms with E-state index < -0.39 is 0 Å². The predicted octanol–water partition coefficient (Wildman–Crippen LogP) is 2.81. The van der Waals surface area contributed by atoms with Crippen LogP contribution in [0.4, 0.5) is 0 Å². The summed E-state index contributed by atoms with van der Waals surface area (Å²) in [6, 6.07) is 15.5. The normalized spacial score (nSPS) is 29.0. The van der Waals surface area contributed by atoms with E-state index in [0.717, 1.165) is 24.1 Å². The molecule has 2 aromatic carbocycles. The molecule has 24 heavy (non-hydrogen) atoms. The molecule has 2 N–H and O–H groups in total. The molecule has 4 heteroatoms. The molecule has 1 aliphatic carbocycles. The van der Waals surface area contributed by atoms with Gasteiger partial charge in [-0.25, -0.2) is 0 Å². The molecule has 4 nitrogen and oxygen atoms in total. The van der Waals surface area contributed by atoms with Crippen LogP contribution in [-0.2, 0) is 4.79 Å². The van der Waals surface area contributed by atoms with Gasteiger partial charge in [0, 0.05) is 17.8 Å². The molecule has 1 saturated heterocycles. The Bertz CT molecular complexity index is 844. The second kappa shape index (κ2) is 5.35. The highest BCUT2D eigenvalue weighted by molar-refractivity contribution is 5.98. The van der Waals surface area contributed by atoms with E-state index in [0.29, 0.717) is 12.1 Å². The number of nitrogens with one attached hydrogen (secondary N) is 2. The van der Waals surface area contributed by atoms with Gasteiger partial charge in [0.05, 0.1) is 6.04 Å². The topological polar surface area (TPSA) is 44.4 Å². The average Bonchev–Trinajstić information content (AvgIpc) is 3.00. The molecule has 1 amide bonds. The van der Waals surface area contributed by atoms with Crippen LogP contribution in [0, 0.1) is 0 Å². The molecule has 1 saturated carbocycles. The summed E-state index contributed by atoms with van der Waals surface area (Å²) in [6.45, 7) is 0. The summed E-state index contributed by atoms with van der Waals surface area (Å²) in [5.74, 6) is 0.129. The summed E-state index contributed by atoms with van der Waals surface area (Å²) in [4.78, 5) is 14.8. The largest absolute Gasteiger partial charge is 0.352 e. The third-order valence-electron chi connectivity index (χ3n) is 5.61. The fraction of sp³-hybridized carbons (Fsp3) is 0.350. The molecule has 2 aromatic rings. The van der Waals surface area contributed by atoms with Crippen LogP contribution in [0.15, 0.2) is 48.5 Å². The number of hydrogen-bond donors (Lipinski definition) is 2. The van der Waals surface area contributed by atoms with Gasteiger partial charge in [-0.2, -0.15) is 0 Å². The molecular weight excluding hydrogens is 298 g/mol. The standard InChI is InChI=1S/C20H21N3O/c24-19-12-17(15-10-9-13-5-1-2-6-14(13)11-15)22-20-21-16-7-3-4-8-18(16)23(19)20/h1-2,5-6,9-12,16,18,20-22H,3-4,7-8H2. The van der Waals surface area contributed by atoms with Crippen LogP contribution in [0.3, 0.4) is 0 Å². The zero-order valence-electron chi connectivity index (χ0n) is 13.5. The lowest BCUT2D eigenvalue weighted by molar-refractivity contribution is -0.130. The summed E-state index contributed by atoms with van der Waals surface area (Å²) >= 11 is 0. The van der Waals surface area contributed by atoms with Crippen molar-refractivity contribution in [1.29, 1.82) is 0 Å². The van der Waals surface area contributed by atoms with Crippen LogP contribution in [-0.4, -0.2) is 29.2 Å². The van der Waals surface area contributed by atoms with Crippen molar-refractivity contribution in [1.82, 2.24) is 15.5 Å². The zero-order chi connectivity index (χ0) is 16.1. The van der Waals surface area contributed by atoms with Gasteiger partial charge in [-0.15, -0.1) is 0 Å². The molecule has 3 unspecified atom stereocenters. The van der Waals surface area contributed by atoms with E-state index in [1.54, 1.807) is 6.08 Å². The fourth-order valence-corrected chi connectivity index (χ4v) is 4.43. The summed E-state index contributed by atoms with van der Waals surface area (Å²) in [5, 5.41) is 9.57. The summed E-state index contributed by atoms with van der Waals surface area (Å²) in [7, 11) is 0. The quantitative estimate of drug-likeness (QED) is 0.849. The van der Waals surface area contributed by atoms with Gasteiger partial charge < -0.3 is 10.2 Å². The van der Waals surface area contributed by atoms with E-state index in [4.69, 9.17) is 0 Å². The van der Waals surface area contributed by atoms with Crippen LogP contribution in [0.1, 0.15) is 31.2 Å². The minimum atomic E-state index is -0.0722. The molecule has 2 aliphatic heterocycles. The maximum absolute atomic E-state index is 12.7. The van der Waals surface area contributed by atoms with Gasteiger partial charge in [0.25, 0.3) is 5.91 Å². The highest BCUT2D eigenvalue weighted by atomic mass is 16.2. The van der Waals surface area contributed by atoms with Gasteiger partial charge in [0.15, 0.2) is 6.29 Å². The number of hydrogen-bond acceptors (Lipinski definition) is 3. The molecule has 3 atom stereocenters. The van der Waals surface area contributed by atoms with Crippen molar-refractivity contribution in [2.45, 2.75) is 44.1 Å². The molecule has 122 valence electrons. The van der Waals surface area contributed by atoms with Gasteiger partial charge >= 0.3 is 0 Å². The third-order valence-corrected chi connectivity index (χ3v) is 5.61. The van der Waals surface area contributed by atoms with Crippen molar-refractivity contribution >= 4 is 22.4 Å². The van der Waals surface area contributed by atoms with Crippen molar-refractivity contribution in [3.8, 4) is 0 Å². The number of carbonyl (C=O) groups excluding carboxylic acids is 1. The Morgan fingerprint density at radius 2 is 1.83 bits per heavy atom. The SMILES string of the molecule is O=C1C=C(c2ccc3ccccc3c2)NC2NC3CCCCC3N12. The Labute approximate surface area is 141 Å². The van der Waals surface area contributed by atoms with Crippen molar-refractivity contribution in [3.63, 3.8) is 0 Å². The van der Waals surface area contributed by atoms with E-state index >= 15 is 0 Å². The molecule has 0 spiro atoms. The molecule has 2 heterocycles. The van der Waals surface area contributed by atoms with Crippen LogP contribution in [0.25, 0.3) is 16.5 Å². The molecule has 0 radical (unpaired) electrons. The van der Waals surface area contributed by atoms with Gasteiger partial charge in [-0.05, 0) is 35.2 Å². The van der Waals surface area contributed by atoms with Crippen LogP contribution in [0.5, 0.6) is 0 Å². The van der Waals surface area contributed by atoms with Crippen molar-refractivity contribution in [2.24, 2.45) is 0 Å². The highest BCUT2D eigenvalue weighted by Crippen LogP contribution is 2.32. The van der Waals surface area contributed by atoms with Gasteiger partial charge in [0.2, 0.25) is 0 Å². The van der Waals surface area contributed by atoms with Crippen LogP contribution >= 0.6 is 0 Å². The number of nitrogens with zero attached hydrogens (tertiary/aromatic N) is 1. The molecule has 0 bridgehead atoms. The fourth-order valence-electron chi connectivity index (χ4n) is 4.43. The first kappa shape index (κ1) is 14.1. The Kier molecular flexibility index (Phi) is 3.13. The number of benzene rings is 2. The lowest BCUT2D eigenvalue weighted by Gasteiger charge is -2.35. The summed E-state index contributed by atoms with van der Waals surface area (Å²) in [5.41, 5.74) is 1.98. The minimum absolute atomic E-state index is 0.0722. The smallest absolute Gasteiger partial charge is 0.251 e. The van der Waals surface area contributed by atoms with E-state index in [1.165, 1.54) is 23.6 Å². The number of amides is 1. The third kappa shape index (κ3) is 2.13. The molecule has 5 rings (SSSR count). The highest BCUT2D eigenvalue weighted by Gasteiger charge is 2.45. The number of carbonyl (C=O) groups is 1. The Morgan fingerprint density at radius 3 is 2.75 bits per heavy atom. The average molecular weight is 319 g/mol. The lowest BCUT2D eigenvalue weighted by Crippen LogP contribution is -2.53. The maximum Gasteiger partial charge on any atom is 0.251 e. The molecule has 2 fully saturated rings. The van der Waals surface area contributed by atoms with Crippen LogP contribution in [0.2, 0.25) is 0 Å². The van der Waals surface area contributed by atoms with E-state index in [2.05, 4.69) is 41.0 Å². The molecular formula is C20H21N3O. The lowest BCUT2D eigenvalue weighted by atomic mass is 9.91. The maximum atomic E-state index is 12.7. The van der Waals surface area contributed by atoms with Crippen LogP contribution < -0.4 is 10.6 Å². The summed E-state index contributed by atoms with van der Waals surface area (Å²) < 4.78 is 0. The first-order valence-corrected chi connectivity index (χ1v) is 8.85. The van der Waals surface area contributed by atoms with Gasteiger partial charge in [-0.3, -0.25) is 10.1 Å². The first-order valence-electron chi connectivity index (χ1n) is 8.85. The monoisotopic (exact) mass is 319 g/mol. The van der Waals surface area contributed by atoms with Crippen molar-refractivity contribution in [3.05, 3.63) is 54.1 Å². The van der Waals surface area contributed by atoms with E-state index in [1.807, 2.05) is 17.0 Å². The van der Waals surface area contributed by atoms with Gasteiger partial charge in [0.1, 0.15) is 0 Å². The minimum Gasteiger partial charge on any atom is -0.352 e. The molecule has 0 aromatic heterocycles. The number of fused-ring (bicyclic) bond motifs is 4. The Hall–Kier alpha value is -2.33. The van der Waals surface area contributed by atoms with Crippen molar-refractivity contribution < 1.29 is 4.79 Å². The second-order valence-electron chi connectivity index (χ2n) is 7.04. The first-order chi connectivity index (χ1) is 11.8. The number of rotatable bonds is 1. The Morgan fingerprint density at radius 1 is 1.00 bits per heavy atom. The predicted molar refractivity (Wildman–Crippen MR) is 94.9 cm³/mol. The van der Waals surface area contributed by atoms with E-state index in [9.17, 15) is 4.79 Å². The zero-order valence-corrected chi connectivity index (χ0v) is 13.5. The van der Waals surface area contributed by atoms with Gasteiger partial charge in [-0.1, -0.05) is 49.2 Å². The van der Waals surface area contributed by atoms with E-state index in [-0.39, 0.29) is 12.2 Å².